The minimum atomic E-state index is -0.501. The summed E-state index contributed by atoms with van der Waals surface area (Å²) in [7, 11) is 0. The molecule has 1 heterocycles. The summed E-state index contributed by atoms with van der Waals surface area (Å²) < 4.78 is 10.8. The molecule has 0 saturated heterocycles. The average Bonchev–Trinajstić information content (AvgIpc) is 2.95. The van der Waals surface area contributed by atoms with Crippen LogP contribution in [-0.4, -0.2) is 18.5 Å². The Morgan fingerprint density at radius 2 is 1.92 bits per heavy atom. The summed E-state index contributed by atoms with van der Waals surface area (Å²) in [4.78, 5) is 16.3. The van der Waals surface area contributed by atoms with Gasteiger partial charge in [-0.1, -0.05) is 42.5 Å². The second-order valence-electron chi connectivity index (χ2n) is 4.98. The van der Waals surface area contributed by atoms with Gasteiger partial charge in [-0.2, -0.15) is 0 Å². The maximum Gasteiger partial charge on any atom is 0.363 e. The maximum atomic E-state index is 12.1. The van der Waals surface area contributed by atoms with Crippen LogP contribution in [0.25, 0.3) is 6.08 Å². The van der Waals surface area contributed by atoms with E-state index >= 15 is 0 Å². The Morgan fingerprint density at radius 1 is 1.17 bits per heavy atom. The van der Waals surface area contributed by atoms with Gasteiger partial charge in [-0.05, 0) is 36.4 Å². The van der Waals surface area contributed by atoms with E-state index in [1.807, 2.05) is 24.3 Å². The van der Waals surface area contributed by atoms with E-state index in [9.17, 15) is 4.79 Å². The van der Waals surface area contributed by atoms with E-state index < -0.39 is 5.97 Å². The molecule has 0 radical (unpaired) electrons. The van der Waals surface area contributed by atoms with Gasteiger partial charge < -0.3 is 9.47 Å². The Kier molecular flexibility index (Phi) is 4.77. The number of cyclic esters (lactones) is 1. The first-order valence-electron chi connectivity index (χ1n) is 7.28. The Morgan fingerprint density at radius 3 is 2.67 bits per heavy atom. The number of aliphatic imine (C=N–C) groups is 1. The number of ether oxygens (including phenoxy) is 2. The highest BCUT2D eigenvalue weighted by Gasteiger charge is 2.24. The largest absolute Gasteiger partial charge is 0.489 e. The molecule has 24 heavy (non-hydrogen) atoms. The number of hydrogen-bond donors (Lipinski definition) is 0. The Labute approximate surface area is 144 Å². The molecule has 0 fully saturated rings. The highest BCUT2D eigenvalue weighted by atomic mass is 35.5. The average molecular weight is 340 g/mol. The van der Waals surface area contributed by atoms with Gasteiger partial charge in [0.05, 0.1) is 0 Å². The van der Waals surface area contributed by atoms with Crippen LogP contribution < -0.4 is 4.74 Å². The number of carbonyl (C=O) groups excluding carboxylic acids is 1. The van der Waals surface area contributed by atoms with Crippen molar-refractivity contribution in [1.82, 2.24) is 0 Å². The van der Waals surface area contributed by atoms with Gasteiger partial charge in [0.2, 0.25) is 5.90 Å². The summed E-state index contributed by atoms with van der Waals surface area (Å²) in [6.07, 6.45) is 3.30. The van der Waals surface area contributed by atoms with Crippen LogP contribution >= 0.6 is 11.6 Å². The summed E-state index contributed by atoms with van der Waals surface area (Å²) in [6, 6.07) is 14.3. The third kappa shape index (κ3) is 3.55. The molecule has 0 saturated carbocycles. The quantitative estimate of drug-likeness (QED) is 0.465. The van der Waals surface area contributed by atoms with E-state index in [0.717, 1.165) is 5.56 Å². The summed E-state index contributed by atoms with van der Waals surface area (Å²) in [5, 5.41) is 0.604. The third-order valence-electron chi connectivity index (χ3n) is 3.28. The molecule has 0 bridgehead atoms. The number of hydrogen-bond acceptors (Lipinski definition) is 4. The minimum Gasteiger partial charge on any atom is -0.489 e. The third-order valence-corrected chi connectivity index (χ3v) is 3.53. The van der Waals surface area contributed by atoms with Gasteiger partial charge in [0.15, 0.2) is 5.70 Å². The number of rotatable bonds is 5. The molecule has 1 aliphatic rings. The summed E-state index contributed by atoms with van der Waals surface area (Å²) in [5.74, 6) is 0.402. The molecular formula is C19H14ClNO3. The molecule has 2 aromatic rings. The van der Waals surface area contributed by atoms with E-state index in [1.54, 1.807) is 36.4 Å². The summed E-state index contributed by atoms with van der Waals surface area (Å²) >= 11 is 5.86. The lowest BCUT2D eigenvalue weighted by Crippen LogP contribution is -2.05. The van der Waals surface area contributed by atoms with Crippen LogP contribution in [0.5, 0.6) is 5.75 Å². The van der Waals surface area contributed by atoms with Crippen LogP contribution in [0.3, 0.4) is 0 Å². The topological polar surface area (TPSA) is 47.9 Å². The molecule has 3 rings (SSSR count). The fraction of sp³-hybridized carbons (Fsp3) is 0.0526. The monoisotopic (exact) mass is 339 g/mol. The summed E-state index contributed by atoms with van der Waals surface area (Å²) in [5.41, 5.74) is 1.65. The Hall–Kier alpha value is -2.85. The number of halogens is 1. The predicted molar refractivity (Wildman–Crippen MR) is 94.2 cm³/mol. The van der Waals surface area contributed by atoms with Crippen molar-refractivity contribution in [3.8, 4) is 5.75 Å². The van der Waals surface area contributed by atoms with Crippen molar-refractivity contribution in [3.63, 3.8) is 0 Å². The molecule has 0 aromatic heterocycles. The van der Waals surface area contributed by atoms with Crippen molar-refractivity contribution in [2.75, 3.05) is 6.61 Å². The van der Waals surface area contributed by atoms with Crippen molar-refractivity contribution >= 4 is 29.5 Å². The zero-order valence-corrected chi connectivity index (χ0v) is 13.5. The molecule has 5 heteroatoms. The van der Waals surface area contributed by atoms with Gasteiger partial charge in [-0.3, -0.25) is 0 Å². The van der Waals surface area contributed by atoms with Crippen LogP contribution in [0.15, 0.2) is 71.9 Å². The first-order valence-corrected chi connectivity index (χ1v) is 7.66. The van der Waals surface area contributed by atoms with E-state index in [2.05, 4.69) is 11.6 Å². The van der Waals surface area contributed by atoms with Gasteiger partial charge in [-0.25, -0.2) is 9.79 Å². The van der Waals surface area contributed by atoms with E-state index in [4.69, 9.17) is 21.1 Å². The van der Waals surface area contributed by atoms with Crippen LogP contribution in [-0.2, 0) is 9.53 Å². The second kappa shape index (κ2) is 7.15. The molecular weight excluding hydrogens is 326 g/mol. The van der Waals surface area contributed by atoms with Crippen molar-refractivity contribution in [1.29, 1.82) is 0 Å². The van der Waals surface area contributed by atoms with Gasteiger partial charge in [0.25, 0.3) is 0 Å². The molecule has 120 valence electrons. The standard InChI is InChI=1S/C19H14ClNO3/c1-2-11-23-17-6-4-3-5-14(17)12-16-19(22)24-18(21-16)13-7-9-15(20)10-8-13/h2-10,12H,1,11H2/b16-12+. The molecule has 4 nitrogen and oxygen atoms in total. The highest BCUT2D eigenvalue weighted by molar-refractivity contribution is 6.30. The lowest BCUT2D eigenvalue weighted by molar-refractivity contribution is -0.129. The lowest BCUT2D eigenvalue weighted by Gasteiger charge is -2.06. The Balaban J connectivity index is 1.91. The fourth-order valence-corrected chi connectivity index (χ4v) is 2.28. The van der Waals surface area contributed by atoms with Crippen molar-refractivity contribution in [2.45, 2.75) is 0 Å². The van der Waals surface area contributed by atoms with Gasteiger partial charge in [0, 0.05) is 16.1 Å². The van der Waals surface area contributed by atoms with Gasteiger partial charge in [0.1, 0.15) is 12.4 Å². The first-order chi connectivity index (χ1) is 11.7. The zero-order chi connectivity index (χ0) is 16.9. The molecule has 0 amide bonds. The number of benzene rings is 2. The van der Waals surface area contributed by atoms with Gasteiger partial charge >= 0.3 is 5.97 Å². The lowest BCUT2D eigenvalue weighted by atomic mass is 10.1. The minimum absolute atomic E-state index is 0.217. The smallest absolute Gasteiger partial charge is 0.363 e. The van der Waals surface area contributed by atoms with Gasteiger partial charge in [-0.15, -0.1) is 0 Å². The van der Waals surface area contributed by atoms with E-state index in [0.29, 0.717) is 22.9 Å². The number of para-hydroxylation sites is 1. The molecule has 0 aliphatic carbocycles. The SMILES string of the molecule is C=CCOc1ccccc1/C=C1/N=C(c2ccc(Cl)cc2)OC1=O. The van der Waals surface area contributed by atoms with Crippen molar-refractivity contribution in [3.05, 3.63) is 83.0 Å². The number of carbonyl (C=O) groups is 1. The summed E-state index contributed by atoms with van der Waals surface area (Å²) in [6.45, 7) is 4.00. The van der Waals surface area contributed by atoms with Crippen LogP contribution in [0.1, 0.15) is 11.1 Å². The Bertz CT molecular complexity index is 838. The second-order valence-corrected chi connectivity index (χ2v) is 5.42. The van der Waals surface area contributed by atoms with E-state index in [1.165, 1.54) is 0 Å². The maximum absolute atomic E-state index is 12.1. The molecule has 0 unspecified atom stereocenters. The number of esters is 1. The van der Waals surface area contributed by atoms with Crippen LogP contribution in [0.2, 0.25) is 5.02 Å². The number of nitrogens with zero attached hydrogens (tertiary/aromatic N) is 1. The predicted octanol–water partition coefficient (Wildman–Crippen LogP) is 4.25. The molecule has 2 aromatic carbocycles. The fourth-order valence-electron chi connectivity index (χ4n) is 2.15. The highest BCUT2D eigenvalue weighted by Crippen LogP contribution is 2.25. The zero-order valence-electron chi connectivity index (χ0n) is 12.7. The first kappa shape index (κ1) is 16.0. The van der Waals surface area contributed by atoms with Crippen molar-refractivity contribution < 1.29 is 14.3 Å². The van der Waals surface area contributed by atoms with Crippen LogP contribution in [0, 0.1) is 0 Å². The molecule has 1 aliphatic heterocycles. The molecule has 0 N–H and O–H groups in total. The normalized spacial score (nSPS) is 15.1. The van der Waals surface area contributed by atoms with Crippen molar-refractivity contribution in [2.24, 2.45) is 4.99 Å². The molecule has 0 spiro atoms. The van der Waals surface area contributed by atoms with Crippen LogP contribution in [0.4, 0.5) is 0 Å². The molecule has 0 atom stereocenters. The van der Waals surface area contributed by atoms with E-state index in [-0.39, 0.29) is 11.6 Å².